The molecule has 0 radical (unpaired) electrons. The molecule has 2 rings (SSSR count). The predicted octanol–water partition coefficient (Wildman–Crippen LogP) is 0.169. The summed E-state index contributed by atoms with van der Waals surface area (Å²) in [6.45, 7) is 6.50. The van der Waals surface area contributed by atoms with Crippen LogP contribution in [0.1, 0.15) is 19.8 Å². The SMILES string of the molecule is C[C@@H](CN1CCOCC1)NC(=O)NC1CC1. The van der Waals surface area contributed by atoms with Gasteiger partial charge in [0.15, 0.2) is 0 Å². The first kappa shape index (κ1) is 11.7. The Kier molecular flexibility index (Phi) is 4.01. The minimum atomic E-state index is -0.0248. The Morgan fingerprint density at radius 1 is 1.44 bits per heavy atom. The standard InChI is InChI=1S/C11H21N3O2/c1-9(8-14-4-6-16-7-5-14)12-11(15)13-10-2-3-10/h9-10H,2-8H2,1H3,(H2,12,13,15)/t9-/m0/s1. The molecule has 0 bridgehead atoms. The first-order chi connectivity index (χ1) is 7.74. The highest BCUT2D eigenvalue weighted by Gasteiger charge is 2.24. The molecule has 0 aromatic heterocycles. The van der Waals surface area contributed by atoms with Gasteiger partial charge in [-0.15, -0.1) is 0 Å². The zero-order valence-corrected chi connectivity index (χ0v) is 9.87. The topological polar surface area (TPSA) is 53.6 Å². The monoisotopic (exact) mass is 227 g/mol. The maximum atomic E-state index is 11.5. The lowest BCUT2D eigenvalue weighted by Gasteiger charge is -2.29. The fraction of sp³-hybridized carbons (Fsp3) is 0.909. The first-order valence-electron chi connectivity index (χ1n) is 6.11. The van der Waals surface area contributed by atoms with Crippen LogP contribution >= 0.6 is 0 Å². The lowest BCUT2D eigenvalue weighted by atomic mass is 10.3. The second-order valence-corrected chi connectivity index (χ2v) is 4.71. The summed E-state index contributed by atoms with van der Waals surface area (Å²) in [6.07, 6.45) is 2.26. The number of nitrogens with one attached hydrogen (secondary N) is 2. The molecule has 1 aliphatic heterocycles. The van der Waals surface area contributed by atoms with E-state index in [0.29, 0.717) is 6.04 Å². The second-order valence-electron chi connectivity index (χ2n) is 4.71. The third-order valence-corrected chi connectivity index (χ3v) is 2.93. The molecule has 0 aromatic rings. The van der Waals surface area contributed by atoms with Crippen molar-refractivity contribution in [3.8, 4) is 0 Å². The van der Waals surface area contributed by atoms with E-state index >= 15 is 0 Å². The van der Waals surface area contributed by atoms with Crippen LogP contribution in [-0.4, -0.2) is 55.9 Å². The highest BCUT2D eigenvalue weighted by molar-refractivity contribution is 5.74. The normalized spacial score (nSPS) is 23.8. The maximum Gasteiger partial charge on any atom is 0.315 e. The van der Waals surface area contributed by atoms with Gasteiger partial charge < -0.3 is 15.4 Å². The van der Waals surface area contributed by atoms with Crippen molar-refractivity contribution in [2.24, 2.45) is 0 Å². The molecule has 2 N–H and O–H groups in total. The fourth-order valence-corrected chi connectivity index (χ4v) is 1.90. The highest BCUT2D eigenvalue weighted by Crippen LogP contribution is 2.18. The molecular formula is C11H21N3O2. The largest absolute Gasteiger partial charge is 0.379 e. The van der Waals surface area contributed by atoms with Crippen molar-refractivity contribution in [3.63, 3.8) is 0 Å². The number of urea groups is 1. The number of hydrogen-bond acceptors (Lipinski definition) is 3. The van der Waals surface area contributed by atoms with Crippen molar-refractivity contribution in [1.29, 1.82) is 0 Å². The maximum absolute atomic E-state index is 11.5. The summed E-state index contributed by atoms with van der Waals surface area (Å²) in [5.41, 5.74) is 0. The van der Waals surface area contributed by atoms with Gasteiger partial charge in [0.05, 0.1) is 13.2 Å². The van der Waals surface area contributed by atoms with E-state index in [4.69, 9.17) is 4.74 Å². The predicted molar refractivity (Wildman–Crippen MR) is 61.4 cm³/mol. The number of morpholine rings is 1. The van der Waals surface area contributed by atoms with Crippen LogP contribution in [-0.2, 0) is 4.74 Å². The van der Waals surface area contributed by atoms with Gasteiger partial charge in [0.25, 0.3) is 0 Å². The Hall–Kier alpha value is -0.810. The fourth-order valence-electron chi connectivity index (χ4n) is 1.90. The van der Waals surface area contributed by atoms with Gasteiger partial charge in [0.1, 0.15) is 0 Å². The lowest BCUT2D eigenvalue weighted by Crippen LogP contribution is -2.48. The second kappa shape index (κ2) is 5.50. The molecule has 1 saturated carbocycles. The molecule has 5 nitrogen and oxygen atoms in total. The molecule has 1 atom stereocenters. The van der Waals surface area contributed by atoms with Crippen molar-refractivity contribution >= 4 is 6.03 Å². The van der Waals surface area contributed by atoms with E-state index in [1.54, 1.807) is 0 Å². The van der Waals surface area contributed by atoms with Gasteiger partial charge >= 0.3 is 6.03 Å². The Bertz CT molecular complexity index is 237. The van der Waals surface area contributed by atoms with E-state index in [1.807, 2.05) is 6.92 Å². The van der Waals surface area contributed by atoms with Gasteiger partial charge in [-0.2, -0.15) is 0 Å². The van der Waals surface area contributed by atoms with Crippen LogP contribution in [0.4, 0.5) is 4.79 Å². The van der Waals surface area contributed by atoms with Crippen molar-refractivity contribution in [3.05, 3.63) is 0 Å². The zero-order chi connectivity index (χ0) is 11.4. The average molecular weight is 227 g/mol. The van der Waals surface area contributed by atoms with Crippen molar-refractivity contribution in [1.82, 2.24) is 15.5 Å². The molecule has 2 fully saturated rings. The number of nitrogens with zero attached hydrogens (tertiary/aromatic N) is 1. The van der Waals surface area contributed by atoms with Gasteiger partial charge in [-0.05, 0) is 19.8 Å². The van der Waals surface area contributed by atoms with Crippen molar-refractivity contribution < 1.29 is 9.53 Å². The lowest BCUT2D eigenvalue weighted by molar-refractivity contribution is 0.0349. The third-order valence-electron chi connectivity index (χ3n) is 2.93. The Morgan fingerprint density at radius 3 is 2.75 bits per heavy atom. The van der Waals surface area contributed by atoms with Crippen LogP contribution in [0.3, 0.4) is 0 Å². The van der Waals surface area contributed by atoms with E-state index in [9.17, 15) is 4.79 Å². The average Bonchev–Trinajstić information content (AvgIpc) is 3.02. The minimum absolute atomic E-state index is 0.0248. The molecule has 0 aromatic carbocycles. The molecule has 2 amide bonds. The third kappa shape index (κ3) is 3.98. The summed E-state index contributed by atoms with van der Waals surface area (Å²) in [7, 11) is 0. The summed E-state index contributed by atoms with van der Waals surface area (Å²) in [6, 6.07) is 0.593. The Labute approximate surface area is 96.5 Å². The van der Waals surface area contributed by atoms with E-state index in [0.717, 1.165) is 45.7 Å². The first-order valence-corrected chi connectivity index (χ1v) is 6.11. The number of carbonyl (C=O) groups is 1. The van der Waals surface area contributed by atoms with Crippen LogP contribution in [0.2, 0.25) is 0 Å². The van der Waals surface area contributed by atoms with Crippen LogP contribution < -0.4 is 10.6 Å². The molecular weight excluding hydrogens is 206 g/mol. The van der Waals surface area contributed by atoms with E-state index in [2.05, 4.69) is 15.5 Å². The molecule has 1 heterocycles. The van der Waals surface area contributed by atoms with Gasteiger partial charge in [-0.1, -0.05) is 0 Å². The smallest absolute Gasteiger partial charge is 0.315 e. The van der Waals surface area contributed by atoms with Crippen molar-refractivity contribution in [2.45, 2.75) is 31.8 Å². The summed E-state index contributed by atoms with van der Waals surface area (Å²) in [5.74, 6) is 0. The number of rotatable bonds is 4. The summed E-state index contributed by atoms with van der Waals surface area (Å²) in [4.78, 5) is 13.8. The zero-order valence-electron chi connectivity index (χ0n) is 9.87. The van der Waals surface area contributed by atoms with Crippen molar-refractivity contribution in [2.75, 3.05) is 32.8 Å². The van der Waals surface area contributed by atoms with Gasteiger partial charge in [0, 0.05) is 31.7 Å². The van der Waals surface area contributed by atoms with E-state index in [1.165, 1.54) is 0 Å². The Morgan fingerprint density at radius 2 is 2.12 bits per heavy atom. The Balaban J connectivity index is 1.61. The highest BCUT2D eigenvalue weighted by atomic mass is 16.5. The summed E-state index contributed by atoms with van der Waals surface area (Å²) >= 11 is 0. The molecule has 0 unspecified atom stereocenters. The van der Waals surface area contributed by atoms with Gasteiger partial charge in [-0.3, -0.25) is 4.90 Å². The number of carbonyl (C=O) groups excluding carboxylic acids is 1. The quantitative estimate of drug-likeness (QED) is 0.720. The molecule has 2 aliphatic rings. The molecule has 0 spiro atoms. The molecule has 1 saturated heterocycles. The van der Waals surface area contributed by atoms with Gasteiger partial charge in [0.2, 0.25) is 0 Å². The summed E-state index contributed by atoms with van der Waals surface area (Å²) < 4.78 is 5.28. The van der Waals surface area contributed by atoms with Gasteiger partial charge in [-0.25, -0.2) is 4.79 Å². The van der Waals surface area contributed by atoms with Crippen LogP contribution in [0.15, 0.2) is 0 Å². The van der Waals surface area contributed by atoms with Crippen LogP contribution in [0.25, 0.3) is 0 Å². The van der Waals surface area contributed by atoms with E-state index < -0.39 is 0 Å². The molecule has 1 aliphatic carbocycles. The molecule has 92 valence electrons. The molecule has 16 heavy (non-hydrogen) atoms. The molecule has 5 heteroatoms. The van der Waals surface area contributed by atoms with Crippen LogP contribution in [0, 0.1) is 0 Å². The minimum Gasteiger partial charge on any atom is -0.379 e. The summed E-state index contributed by atoms with van der Waals surface area (Å²) in [5, 5.41) is 5.89. The van der Waals surface area contributed by atoms with E-state index in [-0.39, 0.29) is 12.1 Å². The number of amides is 2. The number of ether oxygens (including phenoxy) is 1. The number of hydrogen-bond donors (Lipinski definition) is 2. The van der Waals surface area contributed by atoms with Crippen LogP contribution in [0.5, 0.6) is 0 Å².